The summed E-state index contributed by atoms with van der Waals surface area (Å²) in [5.74, 6) is 0.337. The highest BCUT2D eigenvalue weighted by Gasteiger charge is 2.39. The number of thiazole rings is 1. The van der Waals surface area contributed by atoms with Crippen molar-refractivity contribution in [1.82, 2.24) is 15.2 Å². The van der Waals surface area contributed by atoms with Crippen molar-refractivity contribution in [1.29, 1.82) is 0 Å². The average Bonchev–Trinajstić information content (AvgIpc) is 3.60. The van der Waals surface area contributed by atoms with Gasteiger partial charge in [-0.05, 0) is 47.6 Å². The van der Waals surface area contributed by atoms with Crippen LogP contribution in [0.4, 0.5) is 11.0 Å². The number of carbonyl (C=O) groups is 1. The molecule has 0 unspecified atom stereocenters. The number of ketones is 1. The molecule has 40 heavy (non-hydrogen) atoms. The molecule has 3 heterocycles. The molecule has 2 aliphatic carbocycles. The monoisotopic (exact) mass is 554 g/mol. The molecule has 10 heteroatoms. The Balaban J connectivity index is 1.21. The number of nitrogens with two attached hydrogens (primary N) is 1. The first-order valence-corrected chi connectivity index (χ1v) is 14.5. The number of morpholine rings is 1. The van der Waals surface area contributed by atoms with Crippen molar-refractivity contribution < 1.29 is 13.9 Å². The number of benzene rings is 2. The van der Waals surface area contributed by atoms with Crippen LogP contribution < -0.4 is 16.0 Å². The summed E-state index contributed by atoms with van der Waals surface area (Å²) < 4.78 is 11.7. The Morgan fingerprint density at radius 1 is 1.02 bits per heavy atom. The first-order chi connectivity index (χ1) is 19.6. The van der Waals surface area contributed by atoms with Crippen molar-refractivity contribution in [3.05, 3.63) is 82.4 Å². The summed E-state index contributed by atoms with van der Waals surface area (Å²) in [5.41, 5.74) is 11.0. The largest absolute Gasteiger partial charge is 0.402 e. The third-order valence-corrected chi connectivity index (χ3v) is 9.26. The highest BCUT2D eigenvalue weighted by Crippen LogP contribution is 2.46. The molecule has 9 nitrogen and oxygen atoms in total. The quantitative estimate of drug-likeness (QED) is 0.357. The van der Waals surface area contributed by atoms with Crippen molar-refractivity contribution >= 4 is 33.7 Å². The fourth-order valence-electron chi connectivity index (χ4n) is 5.50. The van der Waals surface area contributed by atoms with E-state index in [0.717, 1.165) is 64.6 Å². The predicted molar refractivity (Wildman–Crippen MR) is 154 cm³/mol. The molecule has 0 radical (unpaired) electrons. The Hall–Kier alpha value is -3.86. The van der Waals surface area contributed by atoms with Gasteiger partial charge in [-0.3, -0.25) is 4.79 Å². The van der Waals surface area contributed by atoms with E-state index in [-0.39, 0.29) is 11.8 Å². The van der Waals surface area contributed by atoms with Crippen molar-refractivity contribution in [2.75, 3.05) is 36.5 Å². The van der Waals surface area contributed by atoms with Crippen molar-refractivity contribution in [2.45, 2.75) is 37.3 Å². The molecular weight excluding hydrogens is 524 g/mol. The van der Waals surface area contributed by atoms with E-state index in [1.54, 1.807) is 11.3 Å². The van der Waals surface area contributed by atoms with E-state index < -0.39 is 11.6 Å². The average molecular weight is 555 g/mol. The lowest BCUT2D eigenvalue weighted by Gasteiger charge is -2.36. The van der Waals surface area contributed by atoms with E-state index >= 15 is 0 Å². The second-order valence-corrected chi connectivity index (χ2v) is 11.5. The van der Waals surface area contributed by atoms with Crippen LogP contribution in [0.15, 0.2) is 65.1 Å². The van der Waals surface area contributed by atoms with Gasteiger partial charge in [0.15, 0.2) is 11.5 Å². The van der Waals surface area contributed by atoms with Gasteiger partial charge in [-0.15, -0.1) is 5.10 Å². The van der Waals surface area contributed by atoms with Gasteiger partial charge in [0, 0.05) is 19.5 Å². The fraction of sp³-hybridized carbons (Fsp3) is 0.333. The Kier molecular flexibility index (Phi) is 6.45. The van der Waals surface area contributed by atoms with Crippen LogP contribution in [-0.4, -0.2) is 53.3 Å². The van der Waals surface area contributed by atoms with Crippen LogP contribution >= 0.6 is 11.3 Å². The molecule has 4 aromatic rings. The highest BCUT2D eigenvalue weighted by atomic mass is 32.1. The van der Waals surface area contributed by atoms with E-state index in [1.807, 2.05) is 42.5 Å². The summed E-state index contributed by atoms with van der Waals surface area (Å²) in [6.07, 6.45) is 5.20. The Bertz CT molecular complexity index is 1570. The Labute approximate surface area is 236 Å². The van der Waals surface area contributed by atoms with Gasteiger partial charge in [-0.25, -0.2) is 4.98 Å². The summed E-state index contributed by atoms with van der Waals surface area (Å²) >= 11 is 1.61. The lowest BCUT2D eigenvalue weighted by atomic mass is 9.78. The fourth-order valence-corrected chi connectivity index (χ4v) is 6.77. The zero-order valence-corrected chi connectivity index (χ0v) is 22.8. The second kappa shape index (κ2) is 10.3. The van der Waals surface area contributed by atoms with E-state index in [2.05, 4.69) is 38.6 Å². The molecule has 1 aliphatic heterocycles. The number of anilines is 2. The first kappa shape index (κ1) is 25.1. The maximum Gasteiger partial charge on any atom is 0.316 e. The van der Waals surface area contributed by atoms with Gasteiger partial charge in [-0.2, -0.15) is 0 Å². The van der Waals surface area contributed by atoms with Crippen LogP contribution in [0.2, 0.25) is 0 Å². The molecule has 0 spiro atoms. The molecule has 1 saturated heterocycles. The van der Waals surface area contributed by atoms with Crippen LogP contribution in [-0.2, 0) is 21.5 Å². The van der Waals surface area contributed by atoms with Gasteiger partial charge >= 0.3 is 6.01 Å². The molecule has 0 bridgehead atoms. The van der Waals surface area contributed by atoms with Gasteiger partial charge in [0.05, 0.1) is 18.8 Å². The summed E-state index contributed by atoms with van der Waals surface area (Å²) in [7, 11) is 0. The van der Waals surface area contributed by atoms with Crippen LogP contribution in [0.3, 0.4) is 0 Å². The molecule has 1 saturated carbocycles. The van der Waals surface area contributed by atoms with Crippen molar-refractivity contribution in [3.63, 3.8) is 0 Å². The zero-order chi connectivity index (χ0) is 27.1. The smallest absolute Gasteiger partial charge is 0.316 e. The summed E-state index contributed by atoms with van der Waals surface area (Å²) in [5, 5.41) is 13.7. The number of hydrogen-bond acceptors (Lipinski definition) is 10. The van der Waals surface area contributed by atoms with E-state index in [1.165, 1.54) is 0 Å². The molecule has 2 aromatic heterocycles. The lowest BCUT2D eigenvalue weighted by Crippen LogP contribution is -2.43. The van der Waals surface area contributed by atoms with Crippen LogP contribution in [0.5, 0.6) is 0 Å². The Morgan fingerprint density at radius 3 is 2.58 bits per heavy atom. The third kappa shape index (κ3) is 4.61. The number of nitrogens with zero attached hydrogens (tertiary/aromatic N) is 4. The standard InChI is InChI=1S/C30H30N6O3S/c31-30(11-6-12-30)28-33-25(27(40-28)36-13-15-38-16-14-36)26-34-35-29(39-26)32-23-18-22(19-7-2-1-3-8-19)21-10-5-4-9-20(21)17-24(23)37/h1-5,7-10,18,23H,6,11-17,31H2,(H,32,35)/t23-/m0/s1. The van der Waals surface area contributed by atoms with Crippen LogP contribution in [0.25, 0.3) is 17.2 Å². The van der Waals surface area contributed by atoms with Gasteiger partial charge < -0.3 is 25.1 Å². The van der Waals surface area contributed by atoms with Gasteiger partial charge in [0.2, 0.25) is 0 Å². The molecule has 3 aliphatic rings. The van der Waals surface area contributed by atoms with E-state index in [0.29, 0.717) is 31.2 Å². The number of nitrogens with one attached hydrogen (secondary N) is 1. The number of fused-ring (bicyclic) bond motifs is 1. The normalized spacial score (nSPS) is 20.3. The lowest BCUT2D eigenvalue weighted by molar-refractivity contribution is -0.118. The molecule has 2 aromatic carbocycles. The molecule has 1 atom stereocenters. The van der Waals surface area contributed by atoms with Crippen molar-refractivity contribution in [2.24, 2.45) is 5.73 Å². The summed E-state index contributed by atoms with van der Waals surface area (Å²) in [6, 6.07) is 17.7. The number of carbonyl (C=O) groups excluding carboxylic acids is 1. The highest BCUT2D eigenvalue weighted by molar-refractivity contribution is 7.16. The molecule has 7 rings (SSSR count). The minimum absolute atomic E-state index is 0.0261. The van der Waals surface area contributed by atoms with Crippen LogP contribution in [0, 0.1) is 0 Å². The molecule has 0 amide bonds. The summed E-state index contributed by atoms with van der Waals surface area (Å²) in [6.45, 7) is 2.82. The number of Topliss-reactive ketones (excluding diaryl/α,β-unsaturated/α-hetero) is 1. The summed E-state index contributed by atoms with van der Waals surface area (Å²) in [4.78, 5) is 20.6. The minimum atomic E-state index is -0.636. The second-order valence-electron chi connectivity index (χ2n) is 10.6. The number of aromatic nitrogens is 3. The minimum Gasteiger partial charge on any atom is -0.402 e. The Morgan fingerprint density at radius 2 is 1.80 bits per heavy atom. The zero-order valence-electron chi connectivity index (χ0n) is 22.0. The molecule has 2 fully saturated rings. The van der Waals surface area contributed by atoms with Crippen molar-refractivity contribution in [3.8, 4) is 11.6 Å². The van der Waals surface area contributed by atoms with Gasteiger partial charge in [-0.1, -0.05) is 71.0 Å². The molecule has 3 N–H and O–H groups in total. The van der Waals surface area contributed by atoms with Gasteiger partial charge in [0.1, 0.15) is 16.1 Å². The third-order valence-electron chi connectivity index (χ3n) is 7.92. The number of ether oxygens (including phenoxy) is 1. The molecular formula is C30H30N6O3S. The van der Waals surface area contributed by atoms with Crippen LogP contribution in [0.1, 0.15) is 41.0 Å². The SMILES string of the molecule is NC1(c2nc(-c3nnc(N[C@H]4C=C(c5ccccc5)c5ccccc5CC4=O)o3)c(N3CCOCC3)s2)CCC1. The van der Waals surface area contributed by atoms with E-state index in [4.69, 9.17) is 19.9 Å². The topological polar surface area (TPSA) is 119 Å². The van der Waals surface area contributed by atoms with Gasteiger partial charge in [0.25, 0.3) is 5.89 Å². The maximum atomic E-state index is 13.4. The number of rotatable bonds is 6. The molecule has 204 valence electrons. The first-order valence-electron chi connectivity index (χ1n) is 13.7. The maximum absolute atomic E-state index is 13.4. The predicted octanol–water partition coefficient (Wildman–Crippen LogP) is 4.41. The van der Waals surface area contributed by atoms with E-state index in [9.17, 15) is 4.79 Å². The number of hydrogen-bond donors (Lipinski definition) is 2.